The van der Waals surface area contributed by atoms with E-state index in [0.29, 0.717) is 11.5 Å². The fourth-order valence-corrected chi connectivity index (χ4v) is 2.30. The number of rotatable bonds is 4. The Bertz CT molecular complexity index is 715. The summed E-state index contributed by atoms with van der Waals surface area (Å²) in [5.74, 6) is 0.328. The molecule has 0 aliphatic rings. The molecule has 0 bridgehead atoms. The Labute approximate surface area is 116 Å². The minimum Gasteiger partial charge on any atom is -0.455 e. The normalized spacial score (nSPS) is 11.3. The number of sulfonamides is 1. The van der Waals surface area contributed by atoms with Gasteiger partial charge in [-0.15, -0.1) is 0 Å². The molecule has 0 aromatic heterocycles. The predicted octanol–water partition coefficient (Wildman–Crippen LogP) is 2.11. The van der Waals surface area contributed by atoms with Crippen LogP contribution in [0.4, 0.5) is 10.1 Å². The van der Waals surface area contributed by atoms with Crippen molar-refractivity contribution in [2.45, 2.75) is 4.90 Å². The summed E-state index contributed by atoms with van der Waals surface area (Å²) in [4.78, 5) is 0.0453. The Hall–Kier alpha value is -2.12. The molecule has 3 N–H and O–H groups in total. The van der Waals surface area contributed by atoms with E-state index in [2.05, 4.69) is 4.72 Å². The van der Waals surface area contributed by atoms with Crippen LogP contribution in [-0.2, 0) is 10.0 Å². The van der Waals surface area contributed by atoms with Gasteiger partial charge in [-0.05, 0) is 49.5 Å². The monoisotopic (exact) mass is 296 g/mol. The molecule has 7 heteroatoms. The summed E-state index contributed by atoms with van der Waals surface area (Å²) >= 11 is 0. The second-order valence-corrected chi connectivity index (χ2v) is 5.85. The van der Waals surface area contributed by atoms with Crippen molar-refractivity contribution in [1.29, 1.82) is 0 Å². The zero-order valence-electron chi connectivity index (χ0n) is 10.6. The second kappa shape index (κ2) is 5.48. The first-order valence-corrected chi connectivity index (χ1v) is 7.17. The molecule has 0 aliphatic carbocycles. The van der Waals surface area contributed by atoms with Crippen LogP contribution in [0.5, 0.6) is 11.5 Å². The number of benzene rings is 2. The van der Waals surface area contributed by atoms with Gasteiger partial charge in [-0.1, -0.05) is 0 Å². The van der Waals surface area contributed by atoms with E-state index in [0.717, 1.165) is 0 Å². The van der Waals surface area contributed by atoms with Crippen LogP contribution in [0.3, 0.4) is 0 Å². The number of ether oxygens (including phenoxy) is 1. The molecule has 0 radical (unpaired) electrons. The van der Waals surface area contributed by atoms with Crippen molar-refractivity contribution in [3.63, 3.8) is 0 Å². The summed E-state index contributed by atoms with van der Waals surface area (Å²) in [6, 6.07) is 9.53. The molecule has 0 atom stereocenters. The first-order chi connectivity index (χ1) is 9.42. The zero-order chi connectivity index (χ0) is 14.8. The van der Waals surface area contributed by atoms with Crippen molar-refractivity contribution in [3.05, 3.63) is 48.3 Å². The van der Waals surface area contributed by atoms with Crippen molar-refractivity contribution >= 4 is 15.7 Å². The van der Waals surface area contributed by atoms with Crippen molar-refractivity contribution < 1.29 is 17.5 Å². The number of nitrogen functional groups attached to an aromatic ring is 1. The number of nitrogens with one attached hydrogen (secondary N) is 1. The Morgan fingerprint density at radius 3 is 2.35 bits per heavy atom. The molecular weight excluding hydrogens is 283 g/mol. The second-order valence-electron chi connectivity index (χ2n) is 3.96. The van der Waals surface area contributed by atoms with E-state index in [9.17, 15) is 12.8 Å². The molecule has 0 fully saturated rings. The molecule has 2 aromatic rings. The first-order valence-electron chi connectivity index (χ1n) is 5.69. The van der Waals surface area contributed by atoms with Crippen LogP contribution in [0.15, 0.2) is 47.4 Å². The molecule has 0 amide bonds. The Balaban J connectivity index is 2.29. The van der Waals surface area contributed by atoms with Gasteiger partial charge in [0, 0.05) is 0 Å². The molecule has 0 unspecified atom stereocenters. The minimum atomic E-state index is -3.55. The molecule has 0 aliphatic heterocycles. The van der Waals surface area contributed by atoms with Gasteiger partial charge in [0.2, 0.25) is 10.0 Å². The quantitative estimate of drug-likeness (QED) is 0.847. The predicted molar refractivity (Wildman–Crippen MR) is 73.6 cm³/mol. The Kier molecular flexibility index (Phi) is 3.91. The zero-order valence-corrected chi connectivity index (χ0v) is 11.4. The van der Waals surface area contributed by atoms with Crippen LogP contribution in [0.1, 0.15) is 0 Å². The van der Waals surface area contributed by atoms with Gasteiger partial charge < -0.3 is 10.5 Å². The third-order valence-corrected chi connectivity index (χ3v) is 4.01. The maximum absolute atomic E-state index is 12.8. The topological polar surface area (TPSA) is 81.4 Å². The Morgan fingerprint density at radius 1 is 1.15 bits per heavy atom. The van der Waals surface area contributed by atoms with Crippen molar-refractivity contribution in [2.24, 2.45) is 0 Å². The highest BCUT2D eigenvalue weighted by Crippen LogP contribution is 2.29. The highest BCUT2D eigenvalue weighted by molar-refractivity contribution is 7.89. The summed E-state index contributed by atoms with van der Waals surface area (Å²) in [6.07, 6.45) is 0. The number of halogens is 1. The maximum atomic E-state index is 12.8. The smallest absolute Gasteiger partial charge is 0.240 e. The van der Waals surface area contributed by atoms with Gasteiger partial charge >= 0.3 is 0 Å². The van der Waals surface area contributed by atoms with Crippen molar-refractivity contribution in [2.75, 3.05) is 12.8 Å². The third-order valence-electron chi connectivity index (χ3n) is 2.60. The average molecular weight is 296 g/mol. The van der Waals surface area contributed by atoms with Crippen LogP contribution in [-0.4, -0.2) is 15.5 Å². The molecule has 0 spiro atoms. The van der Waals surface area contributed by atoms with Gasteiger partial charge in [-0.2, -0.15) is 0 Å². The Morgan fingerprint density at radius 2 is 1.80 bits per heavy atom. The standard InChI is InChI=1S/C13H13FN2O3S/c1-16-20(17,18)11-6-7-13(12(15)8-11)19-10-4-2-9(14)3-5-10/h2-8,16H,15H2,1H3. The van der Waals surface area contributed by atoms with Crippen LogP contribution in [0, 0.1) is 5.82 Å². The molecule has 5 nitrogen and oxygen atoms in total. The summed E-state index contributed by atoms with van der Waals surface area (Å²) in [7, 11) is -2.24. The summed E-state index contributed by atoms with van der Waals surface area (Å²) < 4.78 is 43.6. The van der Waals surface area contributed by atoms with Crippen LogP contribution in [0.25, 0.3) is 0 Å². The third kappa shape index (κ3) is 3.06. The van der Waals surface area contributed by atoms with Gasteiger partial charge in [-0.25, -0.2) is 17.5 Å². The fraction of sp³-hybridized carbons (Fsp3) is 0.0769. The lowest BCUT2D eigenvalue weighted by Crippen LogP contribution is -2.18. The van der Waals surface area contributed by atoms with E-state index < -0.39 is 10.0 Å². The van der Waals surface area contributed by atoms with Gasteiger partial charge in [-0.3, -0.25) is 0 Å². The van der Waals surface area contributed by atoms with Crippen molar-refractivity contribution in [1.82, 2.24) is 4.72 Å². The number of hydrogen-bond donors (Lipinski definition) is 2. The van der Waals surface area contributed by atoms with Crippen LogP contribution >= 0.6 is 0 Å². The lowest BCUT2D eigenvalue weighted by molar-refractivity contribution is 0.482. The lowest BCUT2D eigenvalue weighted by Gasteiger charge is -2.10. The summed E-state index contributed by atoms with van der Waals surface area (Å²) in [5, 5.41) is 0. The summed E-state index contributed by atoms with van der Waals surface area (Å²) in [6.45, 7) is 0. The molecule has 0 heterocycles. The van der Waals surface area contributed by atoms with E-state index in [1.807, 2.05) is 0 Å². The minimum absolute atomic E-state index is 0.0453. The van der Waals surface area contributed by atoms with E-state index in [1.54, 1.807) is 0 Å². The SMILES string of the molecule is CNS(=O)(=O)c1ccc(Oc2ccc(F)cc2)c(N)c1. The molecular formula is C13H13FN2O3S. The molecule has 2 rings (SSSR count). The van der Waals surface area contributed by atoms with Crippen LogP contribution < -0.4 is 15.2 Å². The molecule has 2 aromatic carbocycles. The summed E-state index contributed by atoms with van der Waals surface area (Å²) in [5.41, 5.74) is 5.93. The number of hydrogen-bond acceptors (Lipinski definition) is 4. The number of anilines is 1. The van der Waals surface area contributed by atoms with E-state index in [-0.39, 0.29) is 16.4 Å². The van der Waals surface area contributed by atoms with Gasteiger partial charge in [0.25, 0.3) is 0 Å². The fourth-order valence-electron chi connectivity index (χ4n) is 1.53. The van der Waals surface area contributed by atoms with Gasteiger partial charge in [0.05, 0.1) is 10.6 Å². The maximum Gasteiger partial charge on any atom is 0.240 e. The molecule has 20 heavy (non-hydrogen) atoms. The van der Waals surface area contributed by atoms with Crippen LogP contribution in [0.2, 0.25) is 0 Å². The molecule has 0 saturated heterocycles. The van der Waals surface area contributed by atoms with E-state index >= 15 is 0 Å². The van der Waals surface area contributed by atoms with E-state index in [4.69, 9.17) is 10.5 Å². The number of nitrogens with two attached hydrogens (primary N) is 1. The van der Waals surface area contributed by atoms with Gasteiger partial charge in [0.1, 0.15) is 17.3 Å². The highest BCUT2D eigenvalue weighted by Gasteiger charge is 2.13. The lowest BCUT2D eigenvalue weighted by atomic mass is 10.3. The van der Waals surface area contributed by atoms with E-state index in [1.165, 1.54) is 49.5 Å². The first kappa shape index (κ1) is 14.3. The average Bonchev–Trinajstić information content (AvgIpc) is 2.43. The highest BCUT2D eigenvalue weighted by atomic mass is 32.2. The van der Waals surface area contributed by atoms with Gasteiger partial charge in [0.15, 0.2) is 0 Å². The largest absolute Gasteiger partial charge is 0.455 e. The van der Waals surface area contributed by atoms with Crippen molar-refractivity contribution in [3.8, 4) is 11.5 Å². The molecule has 0 saturated carbocycles. The molecule has 106 valence electrons.